The van der Waals surface area contributed by atoms with E-state index in [1.165, 1.54) is 0 Å². The van der Waals surface area contributed by atoms with Crippen LogP contribution in [0.5, 0.6) is 0 Å². The Bertz CT molecular complexity index is 267. The average Bonchev–Trinajstić information content (AvgIpc) is 2.15. The fourth-order valence-corrected chi connectivity index (χ4v) is 1.11. The SMILES string of the molecule is CCCOCCOP(=O)([O-])CC.CP(=O)([O-])[O-].[K+].[K+].[K+]. The van der Waals surface area contributed by atoms with E-state index < -0.39 is 15.2 Å². The quantitative estimate of drug-likeness (QED) is 0.234. The van der Waals surface area contributed by atoms with Crippen molar-refractivity contribution in [3.8, 4) is 0 Å². The predicted octanol–water partition coefficient (Wildman–Crippen LogP) is -9.46. The van der Waals surface area contributed by atoms with E-state index in [-0.39, 0.29) is 167 Å². The van der Waals surface area contributed by atoms with Gasteiger partial charge in [-0.2, -0.15) is 0 Å². The molecule has 0 rings (SSSR count). The van der Waals surface area contributed by atoms with Crippen molar-refractivity contribution in [2.45, 2.75) is 20.3 Å². The third kappa shape index (κ3) is 43.6. The van der Waals surface area contributed by atoms with E-state index in [0.29, 0.717) is 19.9 Å². The van der Waals surface area contributed by atoms with Crippen molar-refractivity contribution in [1.82, 2.24) is 0 Å². The molecule has 1 unspecified atom stereocenters. The Morgan fingerprint density at radius 1 is 0.900 bits per heavy atom. The number of rotatable bonds is 7. The summed E-state index contributed by atoms with van der Waals surface area (Å²) in [7, 11) is -7.69. The standard InChI is InChI=1S/C7H17O4P.CH5O3P.3K/c1-3-5-10-6-7-11-12(8,9)4-2;1-5(2,3)4;;;/h3-7H2,1-2H3,(H,8,9);1H3,(H2,2,3,4);;;/q;;3*+1/p-3. The minimum Gasteiger partial charge on any atom is -0.811 e. The Balaban J connectivity index is -0.0000000821. The fraction of sp³-hybridized carbons (Fsp3) is 1.00. The fourth-order valence-electron chi connectivity index (χ4n) is 0.573. The maximum Gasteiger partial charge on any atom is 1.00 e. The molecule has 0 fully saturated rings. The first-order valence-corrected chi connectivity index (χ1v) is 8.86. The zero-order valence-electron chi connectivity index (χ0n) is 13.3. The molecule has 0 aliphatic rings. The van der Waals surface area contributed by atoms with E-state index in [2.05, 4.69) is 4.52 Å². The third-order valence-corrected chi connectivity index (χ3v) is 2.60. The number of hydrogen-bond donors (Lipinski definition) is 0. The zero-order valence-corrected chi connectivity index (χ0v) is 24.4. The molecule has 0 aromatic carbocycles. The van der Waals surface area contributed by atoms with Crippen molar-refractivity contribution in [2.24, 2.45) is 0 Å². The van der Waals surface area contributed by atoms with Gasteiger partial charge in [-0.15, -0.1) is 0 Å². The van der Waals surface area contributed by atoms with Crippen molar-refractivity contribution >= 4 is 15.2 Å². The maximum atomic E-state index is 10.8. The van der Waals surface area contributed by atoms with Gasteiger partial charge in [0.15, 0.2) is 0 Å². The molecule has 0 N–H and O–H groups in total. The van der Waals surface area contributed by atoms with E-state index in [1.807, 2.05) is 6.92 Å². The minimum atomic E-state index is -4.14. The second-order valence-electron chi connectivity index (χ2n) is 3.14. The molecule has 0 aromatic heterocycles. The summed E-state index contributed by atoms with van der Waals surface area (Å²) in [4.78, 5) is 29.0. The molecule has 0 aromatic rings. The summed E-state index contributed by atoms with van der Waals surface area (Å²) >= 11 is 0. The van der Waals surface area contributed by atoms with Gasteiger partial charge in [-0.25, -0.2) is 0 Å². The summed E-state index contributed by atoms with van der Waals surface area (Å²) in [6.45, 7) is 5.31. The topological polar surface area (TPSA) is 122 Å². The number of ether oxygens (including phenoxy) is 1. The van der Waals surface area contributed by atoms with Crippen molar-refractivity contribution in [1.29, 1.82) is 0 Å². The Hall–Kier alpha value is 5.17. The van der Waals surface area contributed by atoms with Gasteiger partial charge in [0.2, 0.25) is 0 Å². The summed E-state index contributed by atoms with van der Waals surface area (Å²) in [5, 5.41) is 0. The molecule has 0 saturated carbocycles. The van der Waals surface area contributed by atoms with Crippen molar-refractivity contribution in [2.75, 3.05) is 32.6 Å². The summed E-state index contributed by atoms with van der Waals surface area (Å²) < 4.78 is 29.5. The zero-order chi connectivity index (χ0) is 13.9. The van der Waals surface area contributed by atoms with Crippen LogP contribution in [0.15, 0.2) is 0 Å². The van der Waals surface area contributed by atoms with Crippen LogP contribution in [-0.4, -0.2) is 32.6 Å². The van der Waals surface area contributed by atoms with Crippen molar-refractivity contribution < 1.29 is 187 Å². The van der Waals surface area contributed by atoms with Crippen LogP contribution in [0.2, 0.25) is 0 Å². The van der Waals surface area contributed by atoms with E-state index in [9.17, 15) is 9.46 Å². The average molecular weight is 406 g/mol. The van der Waals surface area contributed by atoms with Gasteiger partial charge in [0.1, 0.15) is 7.60 Å². The van der Waals surface area contributed by atoms with Gasteiger partial charge in [-0.05, 0) is 13.1 Å². The largest absolute Gasteiger partial charge is 1.00 e. The van der Waals surface area contributed by atoms with Crippen LogP contribution in [0, 0.1) is 0 Å². The van der Waals surface area contributed by atoms with E-state index >= 15 is 0 Å². The van der Waals surface area contributed by atoms with E-state index in [1.54, 1.807) is 6.92 Å². The Morgan fingerprint density at radius 3 is 1.60 bits per heavy atom. The first-order chi connectivity index (χ1) is 7.62. The van der Waals surface area contributed by atoms with Gasteiger partial charge in [0.05, 0.1) is 13.2 Å². The summed E-state index contributed by atoms with van der Waals surface area (Å²) in [6, 6.07) is 0. The monoisotopic (exact) mass is 406 g/mol. The van der Waals surface area contributed by atoms with Gasteiger partial charge in [-0.3, -0.25) is 0 Å². The molecule has 20 heavy (non-hydrogen) atoms. The molecule has 0 heterocycles. The molecule has 0 radical (unpaired) electrons. The maximum absolute atomic E-state index is 10.8. The molecule has 1 atom stereocenters. The summed E-state index contributed by atoms with van der Waals surface area (Å²) in [6.07, 6.45) is 0.976. The predicted molar refractivity (Wildman–Crippen MR) is 58.7 cm³/mol. The normalized spacial score (nSPS) is 12.5. The molecule has 0 bridgehead atoms. The smallest absolute Gasteiger partial charge is 0.811 e. The van der Waals surface area contributed by atoms with Gasteiger partial charge < -0.3 is 33.1 Å². The minimum absolute atomic E-state index is 0. The summed E-state index contributed by atoms with van der Waals surface area (Å²) in [5.41, 5.74) is 0. The molecule has 0 aliphatic carbocycles. The molecule has 12 heteroatoms. The molecule has 106 valence electrons. The molecule has 0 aliphatic heterocycles. The molecule has 7 nitrogen and oxygen atoms in total. The van der Waals surface area contributed by atoms with E-state index in [4.69, 9.17) is 19.1 Å². The Kier molecular flexibility index (Phi) is 40.1. The van der Waals surface area contributed by atoms with Crippen LogP contribution in [0.1, 0.15) is 20.3 Å². The van der Waals surface area contributed by atoms with E-state index in [0.717, 1.165) is 6.42 Å². The Labute approximate surface area is 249 Å². The second-order valence-corrected chi connectivity index (χ2v) is 6.80. The second kappa shape index (κ2) is 22.2. The van der Waals surface area contributed by atoms with Crippen LogP contribution < -0.4 is 169 Å². The molecular weight excluding hydrogens is 387 g/mol. The third-order valence-electron chi connectivity index (χ3n) is 1.25. The van der Waals surface area contributed by atoms with Crippen LogP contribution in [0.4, 0.5) is 0 Å². The number of hydrogen-bond acceptors (Lipinski definition) is 7. The molecule has 0 saturated heterocycles. The molecule has 0 amide bonds. The first kappa shape index (κ1) is 36.1. The van der Waals surface area contributed by atoms with Crippen LogP contribution in [0.3, 0.4) is 0 Å². The van der Waals surface area contributed by atoms with Gasteiger partial charge in [-0.1, -0.05) is 21.4 Å². The summed E-state index contributed by atoms with van der Waals surface area (Å²) in [5.74, 6) is 0. The Morgan fingerprint density at radius 2 is 1.30 bits per heavy atom. The van der Waals surface area contributed by atoms with Crippen molar-refractivity contribution in [3.63, 3.8) is 0 Å². The van der Waals surface area contributed by atoms with Gasteiger partial charge in [0.25, 0.3) is 0 Å². The van der Waals surface area contributed by atoms with Crippen LogP contribution in [-0.2, 0) is 18.4 Å². The first-order valence-electron chi connectivity index (χ1n) is 5.14. The van der Waals surface area contributed by atoms with Gasteiger partial charge in [0, 0.05) is 12.8 Å². The van der Waals surface area contributed by atoms with Crippen LogP contribution in [0.25, 0.3) is 0 Å². The van der Waals surface area contributed by atoms with Gasteiger partial charge >= 0.3 is 154 Å². The van der Waals surface area contributed by atoms with Crippen LogP contribution >= 0.6 is 15.2 Å². The molecule has 0 spiro atoms. The molecular formula is C8H19K3O7P2. The van der Waals surface area contributed by atoms with Crippen molar-refractivity contribution in [3.05, 3.63) is 0 Å².